The standard InChI is InChI=1S/C24H28N4O2/c29-23(25-20-10-5-7-17-6-1-2-8-19(17)20)16-27-14-12-18(13-15-27)28-22-11-4-3-9-21(22)26-24(28)30/h1-4,6,8-9,11,18,20H,5,7,10,12-16H2,(H,25,29)(H,26,30)/t20-/m0/s1. The highest BCUT2D eigenvalue weighted by molar-refractivity contribution is 5.78. The molecule has 156 valence electrons. The molecule has 5 rings (SSSR count). The van der Waals surface area contributed by atoms with Crippen molar-refractivity contribution in [1.82, 2.24) is 19.8 Å². The summed E-state index contributed by atoms with van der Waals surface area (Å²) in [5, 5.41) is 3.25. The van der Waals surface area contributed by atoms with Crippen molar-refractivity contribution in [2.24, 2.45) is 0 Å². The Bertz CT molecular complexity index is 1110. The predicted molar refractivity (Wildman–Crippen MR) is 118 cm³/mol. The van der Waals surface area contributed by atoms with Gasteiger partial charge in [0, 0.05) is 19.1 Å². The molecule has 0 radical (unpaired) electrons. The Morgan fingerprint density at radius 1 is 1.03 bits per heavy atom. The molecule has 6 nitrogen and oxygen atoms in total. The van der Waals surface area contributed by atoms with Gasteiger partial charge in [-0.3, -0.25) is 14.3 Å². The molecule has 1 aliphatic carbocycles. The van der Waals surface area contributed by atoms with Crippen molar-refractivity contribution in [2.45, 2.75) is 44.2 Å². The van der Waals surface area contributed by atoms with Crippen molar-refractivity contribution in [3.8, 4) is 0 Å². The molecule has 30 heavy (non-hydrogen) atoms. The normalized spacial score (nSPS) is 20.2. The van der Waals surface area contributed by atoms with Crippen molar-refractivity contribution >= 4 is 16.9 Å². The first-order valence-electron chi connectivity index (χ1n) is 11.0. The maximum atomic E-state index is 12.7. The van der Waals surface area contributed by atoms with Gasteiger partial charge < -0.3 is 10.3 Å². The number of amides is 1. The topological polar surface area (TPSA) is 70.1 Å². The van der Waals surface area contributed by atoms with Gasteiger partial charge >= 0.3 is 5.69 Å². The van der Waals surface area contributed by atoms with E-state index in [1.54, 1.807) is 0 Å². The van der Waals surface area contributed by atoms with Gasteiger partial charge in [0.2, 0.25) is 5.91 Å². The molecule has 6 heteroatoms. The summed E-state index contributed by atoms with van der Waals surface area (Å²) in [6.45, 7) is 2.07. The molecule has 1 aliphatic heterocycles. The third-order valence-corrected chi connectivity index (χ3v) is 6.62. The van der Waals surface area contributed by atoms with Crippen LogP contribution in [0.15, 0.2) is 53.3 Å². The minimum Gasteiger partial charge on any atom is -0.348 e. The third kappa shape index (κ3) is 3.67. The lowest BCUT2D eigenvalue weighted by atomic mass is 9.88. The van der Waals surface area contributed by atoms with E-state index in [9.17, 15) is 9.59 Å². The molecule has 0 unspecified atom stereocenters. The fourth-order valence-corrected chi connectivity index (χ4v) is 5.12. The van der Waals surface area contributed by atoms with E-state index in [2.05, 4.69) is 39.5 Å². The maximum absolute atomic E-state index is 12.7. The predicted octanol–water partition coefficient (Wildman–Crippen LogP) is 3.16. The molecule has 2 N–H and O–H groups in total. The summed E-state index contributed by atoms with van der Waals surface area (Å²) in [5.74, 6) is 0.0967. The fourth-order valence-electron chi connectivity index (χ4n) is 5.12. The number of aromatic amines is 1. The van der Waals surface area contributed by atoms with E-state index in [1.165, 1.54) is 11.1 Å². The number of piperidine rings is 1. The highest BCUT2D eigenvalue weighted by Crippen LogP contribution is 2.29. The van der Waals surface area contributed by atoms with Gasteiger partial charge in [0.05, 0.1) is 23.6 Å². The molecule has 1 atom stereocenters. The molecule has 2 heterocycles. The molecule has 1 fully saturated rings. The van der Waals surface area contributed by atoms with Crippen LogP contribution in [0, 0.1) is 0 Å². The summed E-state index contributed by atoms with van der Waals surface area (Å²) in [6, 6.07) is 16.6. The summed E-state index contributed by atoms with van der Waals surface area (Å²) in [4.78, 5) is 30.3. The number of nitrogens with zero attached hydrogens (tertiary/aromatic N) is 2. The van der Waals surface area contributed by atoms with E-state index in [-0.39, 0.29) is 23.7 Å². The van der Waals surface area contributed by atoms with E-state index in [0.29, 0.717) is 6.54 Å². The summed E-state index contributed by atoms with van der Waals surface area (Å²) in [5.41, 5.74) is 4.45. The van der Waals surface area contributed by atoms with Gasteiger partial charge in [0.1, 0.15) is 0 Å². The van der Waals surface area contributed by atoms with E-state index < -0.39 is 0 Å². The number of hydrogen-bond donors (Lipinski definition) is 2. The maximum Gasteiger partial charge on any atom is 0.326 e. The zero-order valence-electron chi connectivity index (χ0n) is 17.1. The fraction of sp³-hybridized carbons (Fsp3) is 0.417. The zero-order valence-corrected chi connectivity index (χ0v) is 17.1. The van der Waals surface area contributed by atoms with Crippen LogP contribution in [0.4, 0.5) is 0 Å². The van der Waals surface area contributed by atoms with E-state index in [0.717, 1.165) is 56.2 Å². The average molecular weight is 405 g/mol. The Morgan fingerprint density at radius 3 is 2.67 bits per heavy atom. The molecule has 1 aromatic heterocycles. The lowest BCUT2D eigenvalue weighted by molar-refractivity contribution is -0.123. The van der Waals surface area contributed by atoms with Crippen LogP contribution in [0.2, 0.25) is 0 Å². The first-order chi connectivity index (χ1) is 14.7. The summed E-state index contributed by atoms with van der Waals surface area (Å²) >= 11 is 0. The van der Waals surface area contributed by atoms with Crippen LogP contribution in [0.25, 0.3) is 11.0 Å². The van der Waals surface area contributed by atoms with Gasteiger partial charge in [-0.05, 0) is 55.4 Å². The molecule has 0 spiro atoms. The van der Waals surface area contributed by atoms with Crippen LogP contribution >= 0.6 is 0 Å². The van der Waals surface area contributed by atoms with Crippen molar-refractivity contribution in [3.63, 3.8) is 0 Å². The second-order valence-corrected chi connectivity index (χ2v) is 8.54. The van der Waals surface area contributed by atoms with Crippen molar-refractivity contribution < 1.29 is 4.79 Å². The van der Waals surface area contributed by atoms with Gasteiger partial charge in [0.15, 0.2) is 0 Å². The molecule has 2 aromatic carbocycles. The number of aryl methyl sites for hydroxylation is 1. The second kappa shape index (κ2) is 8.11. The number of rotatable bonds is 4. The molecule has 1 saturated heterocycles. The van der Waals surface area contributed by atoms with Crippen LogP contribution in [0.5, 0.6) is 0 Å². The largest absolute Gasteiger partial charge is 0.348 e. The summed E-state index contributed by atoms with van der Waals surface area (Å²) < 4.78 is 1.89. The van der Waals surface area contributed by atoms with Gasteiger partial charge in [-0.1, -0.05) is 36.4 Å². The number of carbonyl (C=O) groups is 1. The number of H-pyrrole nitrogens is 1. The van der Waals surface area contributed by atoms with Crippen LogP contribution < -0.4 is 11.0 Å². The summed E-state index contributed by atoms with van der Waals surface area (Å²) in [6.07, 6.45) is 4.98. The number of nitrogens with one attached hydrogen (secondary N) is 2. The Morgan fingerprint density at radius 2 is 1.80 bits per heavy atom. The number of fused-ring (bicyclic) bond motifs is 2. The van der Waals surface area contributed by atoms with Gasteiger partial charge in [-0.15, -0.1) is 0 Å². The quantitative estimate of drug-likeness (QED) is 0.702. The third-order valence-electron chi connectivity index (χ3n) is 6.62. The molecule has 0 bridgehead atoms. The molecule has 1 amide bonds. The highest BCUT2D eigenvalue weighted by atomic mass is 16.2. The van der Waals surface area contributed by atoms with E-state index >= 15 is 0 Å². The van der Waals surface area contributed by atoms with Crippen LogP contribution in [0.3, 0.4) is 0 Å². The number of aromatic nitrogens is 2. The van der Waals surface area contributed by atoms with E-state index in [1.807, 2.05) is 28.8 Å². The van der Waals surface area contributed by atoms with Crippen molar-refractivity contribution in [3.05, 3.63) is 70.1 Å². The Labute approximate surface area is 175 Å². The molecule has 3 aromatic rings. The minimum atomic E-state index is -0.0386. The van der Waals surface area contributed by atoms with Crippen molar-refractivity contribution in [1.29, 1.82) is 0 Å². The Kier molecular flexibility index (Phi) is 5.17. The Hall–Kier alpha value is -2.86. The number of imidazole rings is 1. The highest BCUT2D eigenvalue weighted by Gasteiger charge is 2.26. The molecular formula is C24H28N4O2. The van der Waals surface area contributed by atoms with Crippen LogP contribution in [0.1, 0.15) is 48.9 Å². The molecular weight excluding hydrogens is 376 g/mol. The van der Waals surface area contributed by atoms with Gasteiger partial charge in [-0.25, -0.2) is 4.79 Å². The minimum absolute atomic E-state index is 0.0386. The first kappa shape index (κ1) is 19.1. The smallest absolute Gasteiger partial charge is 0.326 e. The lowest BCUT2D eigenvalue weighted by Crippen LogP contribution is -2.43. The monoisotopic (exact) mass is 404 g/mol. The summed E-state index contributed by atoms with van der Waals surface area (Å²) in [7, 11) is 0. The average Bonchev–Trinajstić information content (AvgIpc) is 3.10. The van der Waals surface area contributed by atoms with Crippen LogP contribution in [-0.2, 0) is 11.2 Å². The first-order valence-corrected chi connectivity index (χ1v) is 11.0. The number of carbonyl (C=O) groups excluding carboxylic acids is 1. The molecule has 2 aliphatic rings. The van der Waals surface area contributed by atoms with E-state index in [4.69, 9.17) is 0 Å². The number of benzene rings is 2. The van der Waals surface area contributed by atoms with Gasteiger partial charge in [0.25, 0.3) is 0 Å². The lowest BCUT2D eigenvalue weighted by Gasteiger charge is -2.33. The van der Waals surface area contributed by atoms with Crippen molar-refractivity contribution in [2.75, 3.05) is 19.6 Å². The number of hydrogen-bond acceptors (Lipinski definition) is 3. The van der Waals surface area contributed by atoms with Gasteiger partial charge in [-0.2, -0.15) is 0 Å². The number of likely N-dealkylation sites (tertiary alicyclic amines) is 1. The molecule has 0 saturated carbocycles. The SMILES string of the molecule is O=C(CN1CCC(n2c(=O)[nH]c3ccccc32)CC1)N[C@H]1CCCc2ccccc21. The second-order valence-electron chi connectivity index (χ2n) is 8.54. The van der Waals surface area contributed by atoms with Crippen LogP contribution in [-0.4, -0.2) is 40.0 Å². The zero-order chi connectivity index (χ0) is 20.5. The Balaban J connectivity index is 1.19. The number of para-hydroxylation sites is 2.